The molecule has 2 aromatic rings. The predicted molar refractivity (Wildman–Crippen MR) is 98.8 cm³/mol. The van der Waals surface area contributed by atoms with E-state index in [2.05, 4.69) is 0 Å². The van der Waals surface area contributed by atoms with E-state index in [-0.39, 0.29) is 36.5 Å². The summed E-state index contributed by atoms with van der Waals surface area (Å²) in [6.07, 6.45) is 0.401. The van der Waals surface area contributed by atoms with E-state index in [1.165, 1.54) is 0 Å². The lowest BCUT2D eigenvalue weighted by Gasteiger charge is -2.16. The third kappa shape index (κ3) is 4.27. The van der Waals surface area contributed by atoms with Gasteiger partial charge >= 0.3 is 0 Å². The van der Waals surface area contributed by atoms with Gasteiger partial charge in [0.25, 0.3) is 0 Å². The first-order chi connectivity index (χ1) is 12.0. The molecule has 0 saturated carbocycles. The van der Waals surface area contributed by atoms with Crippen LogP contribution in [0.5, 0.6) is 0 Å². The number of likely N-dealkylation sites (tertiary alicyclic amines) is 1. The van der Waals surface area contributed by atoms with Crippen LogP contribution in [0.3, 0.4) is 0 Å². The molecule has 4 nitrogen and oxygen atoms in total. The van der Waals surface area contributed by atoms with Crippen molar-refractivity contribution in [3.63, 3.8) is 0 Å². The Labute approximate surface area is 152 Å². The second-order valence-electron chi connectivity index (χ2n) is 6.41. The number of halogens is 1. The van der Waals surface area contributed by atoms with Gasteiger partial charge in [-0.2, -0.15) is 0 Å². The minimum Gasteiger partial charge on any atom is -0.340 e. The zero-order valence-corrected chi connectivity index (χ0v) is 14.7. The van der Waals surface area contributed by atoms with E-state index in [0.29, 0.717) is 23.7 Å². The lowest BCUT2D eigenvalue weighted by atomic mass is 9.95. The molecule has 1 aliphatic rings. The van der Waals surface area contributed by atoms with Crippen LogP contribution in [0.2, 0.25) is 5.02 Å². The van der Waals surface area contributed by atoms with Gasteiger partial charge in [0, 0.05) is 48.5 Å². The maximum Gasteiger partial charge on any atom is 0.223 e. The Balaban J connectivity index is 1.55. The highest BCUT2D eigenvalue weighted by Crippen LogP contribution is 2.27. The molecule has 2 atom stereocenters. The first-order valence-electron chi connectivity index (χ1n) is 8.41. The van der Waals surface area contributed by atoms with Crippen LogP contribution in [0.1, 0.15) is 34.7 Å². The number of ketones is 1. The Bertz CT molecular complexity index is 746. The SMILES string of the molecule is N[C@@H]1CN(C(=O)CCC(=O)c2ccc(Cl)cc2)C[C@H]1c1ccccc1. The van der Waals surface area contributed by atoms with Crippen molar-refractivity contribution < 1.29 is 9.59 Å². The molecule has 0 aromatic heterocycles. The maximum atomic E-state index is 12.5. The number of amides is 1. The van der Waals surface area contributed by atoms with Gasteiger partial charge in [-0.3, -0.25) is 9.59 Å². The number of hydrogen-bond donors (Lipinski definition) is 1. The molecule has 0 spiro atoms. The molecular weight excluding hydrogens is 336 g/mol. The molecule has 1 amide bonds. The van der Waals surface area contributed by atoms with Gasteiger partial charge in [-0.15, -0.1) is 0 Å². The fourth-order valence-corrected chi connectivity index (χ4v) is 3.37. The highest BCUT2D eigenvalue weighted by atomic mass is 35.5. The minimum atomic E-state index is -0.0710. The van der Waals surface area contributed by atoms with Crippen molar-refractivity contribution in [2.45, 2.75) is 24.8 Å². The van der Waals surface area contributed by atoms with E-state index in [1.807, 2.05) is 30.3 Å². The summed E-state index contributed by atoms with van der Waals surface area (Å²) < 4.78 is 0. The van der Waals surface area contributed by atoms with E-state index >= 15 is 0 Å². The van der Waals surface area contributed by atoms with E-state index in [0.717, 1.165) is 5.56 Å². The topological polar surface area (TPSA) is 63.4 Å². The van der Waals surface area contributed by atoms with Gasteiger partial charge in [0.2, 0.25) is 5.91 Å². The second-order valence-corrected chi connectivity index (χ2v) is 6.85. The van der Waals surface area contributed by atoms with Crippen molar-refractivity contribution in [2.24, 2.45) is 5.73 Å². The van der Waals surface area contributed by atoms with Crippen LogP contribution in [0.25, 0.3) is 0 Å². The van der Waals surface area contributed by atoms with Crippen LogP contribution in [0, 0.1) is 0 Å². The average molecular weight is 357 g/mol. The van der Waals surface area contributed by atoms with Crippen LogP contribution in [-0.4, -0.2) is 35.7 Å². The maximum absolute atomic E-state index is 12.5. The van der Waals surface area contributed by atoms with Crippen LogP contribution < -0.4 is 5.73 Å². The van der Waals surface area contributed by atoms with Crippen molar-refractivity contribution in [3.8, 4) is 0 Å². The molecular formula is C20H21ClN2O2. The molecule has 1 fully saturated rings. The summed E-state index contributed by atoms with van der Waals surface area (Å²) in [6, 6.07) is 16.7. The quantitative estimate of drug-likeness (QED) is 0.836. The molecule has 3 rings (SSSR count). The highest BCUT2D eigenvalue weighted by Gasteiger charge is 2.33. The van der Waals surface area contributed by atoms with Crippen LogP contribution in [0.15, 0.2) is 54.6 Å². The smallest absolute Gasteiger partial charge is 0.223 e. The van der Waals surface area contributed by atoms with Gasteiger partial charge in [0.1, 0.15) is 0 Å². The third-order valence-electron chi connectivity index (χ3n) is 4.68. The number of carbonyl (C=O) groups is 2. The average Bonchev–Trinajstić information content (AvgIpc) is 3.02. The predicted octanol–water partition coefficient (Wildman–Crippen LogP) is 3.26. The summed E-state index contributed by atoms with van der Waals surface area (Å²) in [5, 5.41) is 0.589. The molecule has 2 aromatic carbocycles. The Morgan fingerprint density at radius 1 is 1.00 bits per heavy atom. The molecule has 1 heterocycles. The number of nitrogens with zero attached hydrogens (tertiary/aromatic N) is 1. The number of benzene rings is 2. The number of rotatable bonds is 5. The lowest BCUT2D eigenvalue weighted by molar-refractivity contribution is -0.130. The molecule has 0 radical (unpaired) electrons. The zero-order chi connectivity index (χ0) is 17.8. The second kappa shape index (κ2) is 7.81. The van der Waals surface area contributed by atoms with Gasteiger partial charge in [0.05, 0.1) is 0 Å². The Kier molecular flexibility index (Phi) is 5.51. The summed E-state index contributed by atoms with van der Waals surface area (Å²) >= 11 is 5.82. The molecule has 2 N–H and O–H groups in total. The van der Waals surface area contributed by atoms with Gasteiger partial charge < -0.3 is 10.6 Å². The summed E-state index contributed by atoms with van der Waals surface area (Å²) in [5.74, 6) is 0.0847. The number of nitrogens with two attached hydrogens (primary N) is 1. The normalized spacial score (nSPS) is 19.8. The Morgan fingerprint density at radius 3 is 2.36 bits per heavy atom. The largest absolute Gasteiger partial charge is 0.340 e. The van der Waals surface area contributed by atoms with Crippen LogP contribution >= 0.6 is 11.6 Å². The molecule has 1 aliphatic heterocycles. The summed E-state index contributed by atoms with van der Waals surface area (Å²) in [5.41, 5.74) is 7.96. The number of carbonyl (C=O) groups excluding carboxylic acids is 2. The van der Waals surface area contributed by atoms with Gasteiger partial charge in [0.15, 0.2) is 5.78 Å². The summed E-state index contributed by atoms with van der Waals surface area (Å²) in [7, 11) is 0. The van der Waals surface area contributed by atoms with Crippen LogP contribution in [-0.2, 0) is 4.79 Å². The Morgan fingerprint density at radius 2 is 1.68 bits per heavy atom. The standard InChI is InChI=1S/C20H21ClN2O2/c21-16-8-6-15(7-9-16)19(24)10-11-20(25)23-12-17(18(22)13-23)14-4-2-1-3-5-14/h1-9,17-18H,10-13,22H2/t17-,18+/m0/s1. The molecule has 0 unspecified atom stereocenters. The van der Waals surface area contributed by atoms with Crippen molar-refractivity contribution in [3.05, 3.63) is 70.7 Å². The van der Waals surface area contributed by atoms with Crippen molar-refractivity contribution in [1.82, 2.24) is 4.90 Å². The third-order valence-corrected chi connectivity index (χ3v) is 4.93. The fraction of sp³-hybridized carbons (Fsp3) is 0.300. The van der Waals surface area contributed by atoms with Gasteiger partial charge in [-0.05, 0) is 29.8 Å². The Hall–Kier alpha value is -2.17. The molecule has 1 saturated heterocycles. The molecule has 5 heteroatoms. The van der Waals surface area contributed by atoms with E-state index < -0.39 is 0 Å². The first-order valence-corrected chi connectivity index (χ1v) is 8.79. The first kappa shape index (κ1) is 17.6. The molecule has 130 valence electrons. The van der Waals surface area contributed by atoms with Gasteiger partial charge in [-0.25, -0.2) is 0 Å². The van der Waals surface area contributed by atoms with Crippen LogP contribution in [0.4, 0.5) is 0 Å². The number of Topliss-reactive ketones (excluding diaryl/α,β-unsaturated/α-hetero) is 1. The van der Waals surface area contributed by atoms with E-state index in [1.54, 1.807) is 29.2 Å². The zero-order valence-electron chi connectivity index (χ0n) is 13.9. The molecule has 0 aliphatic carbocycles. The summed E-state index contributed by atoms with van der Waals surface area (Å²) in [6.45, 7) is 1.15. The monoisotopic (exact) mass is 356 g/mol. The minimum absolute atomic E-state index is 0.0174. The highest BCUT2D eigenvalue weighted by molar-refractivity contribution is 6.30. The van der Waals surface area contributed by atoms with Crippen molar-refractivity contribution in [2.75, 3.05) is 13.1 Å². The van der Waals surface area contributed by atoms with Gasteiger partial charge in [-0.1, -0.05) is 41.9 Å². The molecule has 0 bridgehead atoms. The summed E-state index contributed by atoms with van der Waals surface area (Å²) in [4.78, 5) is 26.4. The van der Waals surface area contributed by atoms with E-state index in [4.69, 9.17) is 17.3 Å². The fourth-order valence-electron chi connectivity index (χ4n) is 3.24. The van der Waals surface area contributed by atoms with E-state index in [9.17, 15) is 9.59 Å². The van der Waals surface area contributed by atoms with Crippen molar-refractivity contribution >= 4 is 23.3 Å². The lowest BCUT2D eigenvalue weighted by Crippen LogP contribution is -2.32. The molecule has 25 heavy (non-hydrogen) atoms. The van der Waals surface area contributed by atoms with Crippen molar-refractivity contribution in [1.29, 1.82) is 0 Å². The number of hydrogen-bond acceptors (Lipinski definition) is 3.